The standard InChI is InChI=1S/C16H20S/c1-12-8-7-10-14-13-9-5-3-2-4-6-11-15(13)17-16(12)14/h7-8,10H,2-6,9,11H2,1H3. The smallest absolute Gasteiger partial charge is 0.0377 e. The number of fused-ring (bicyclic) bond motifs is 3. The summed E-state index contributed by atoms with van der Waals surface area (Å²) in [5.41, 5.74) is 3.13. The molecule has 0 atom stereocenters. The Labute approximate surface area is 108 Å². The summed E-state index contributed by atoms with van der Waals surface area (Å²) in [4.78, 5) is 1.68. The Hall–Kier alpha value is -0.820. The molecule has 0 nitrogen and oxygen atoms in total. The van der Waals surface area contributed by atoms with Gasteiger partial charge in [0.05, 0.1) is 0 Å². The summed E-state index contributed by atoms with van der Waals surface area (Å²) in [6.07, 6.45) is 9.67. The van der Waals surface area contributed by atoms with Gasteiger partial charge in [-0.15, -0.1) is 11.3 Å². The fourth-order valence-electron chi connectivity index (χ4n) is 2.95. The maximum absolute atomic E-state index is 2.33. The van der Waals surface area contributed by atoms with E-state index in [1.54, 1.807) is 15.8 Å². The summed E-state index contributed by atoms with van der Waals surface area (Å²) >= 11 is 2.06. The minimum absolute atomic E-state index is 1.30. The summed E-state index contributed by atoms with van der Waals surface area (Å²) < 4.78 is 1.54. The second-order valence-corrected chi connectivity index (χ2v) is 6.33. The van der Waals surface area contributed by atoms with E-state index < -0.39 is 0 Å². The van der Waals surface area contributed by atoms with Crippen molar-refractivity contribution in [2.24, 2.45) is 0 Å². The molecular formula is C16H20S. The van der Waals surface area contributed by atoms with Gasteiger partial charge in [0.1, 0.15) is 0 Å². The van der Waals surface area contributed by atoms with Crippen LogP contribution in [0, 0.1) is 6.92 Å². The highest BCUT2D eigenvalue weighted by atomic mass is 32.1. The van der Waals surface area contributed by atoms with E-state index in [1.165, 1.54) is 55.2 Å². The third-order valence-corrected chi connectivity index (χ3v) is 5.37. The summed E-state index contributed by atoms with van der Waals surface area (Å²) in [7, 11) is 0. The average Bonchev–Trinajstić information content (AvgIpc) is 2.71. The second-order valence-electron chi connectivity index (χ2n) is 5.22. The van der Waals surface area contributed by atoms with Crippen molar-refractivity contribution < 1.29 is 0 Å². The highest BCUT2D eigenvalue weighted by molar-refractivity contribution is 7.19. The van der Waals surface area contributed by atoms with E-state index in [4.69, 9.17) is 0 Å². The van der Waals surface area contributed by atoms with Crippen molar-refractivity contribution in [3.05, 3.63) is 34.2 Å². The number of aryl methyl sites for hydroxylation is 3. The fraction of sp³-hybridized carbons (Fsp3) is 0.500. The van der Waals surface area contributed by atoms with Crippen LogP contribution in [0.3, 0.4) is 0 Å². The van der Waals surface area contributed by atoms with Gasteiger partial charge in [-0.05, 0) is 49.1 Å². The first-order chi connectivity index (χ1) is 8.36. The summed E-state index contributed by atoms with van der Waals surface area (Å²) in [5, 5.41) is 1.55. The maximum atomic E-state index is 2.33. The van der Waals surface area contributed by atoms with Crippen molar-refractivity contribution >= 4 is 21.4 Å². The summed E-state index contributed by atoms with van der Waals surface area (Å²) in [6.45, 7) is 2.25. The molecule has 1 aromatic carbocycles. The van der Waals surface area contributed by atoms with Gasteiger partial charge in [0, 0.05) is 9.58 Å². The zero-order valence-electron chi connectivity index (χ0n) is 10.6. The molecule has 1 aromatic heterocycles. The molecule has 0 aliphatic heterocycles. The Morgan fingerprint density at radius 1 is 0.941 bits per heavy atom. The van der Waals surface area contributed by atoms with Gasteiger partial charge in [0.15, 0.2) is 0 Å². The number of rotatable bonds is 0. The van der Waals surface area contributed by atoms with Crippen LogP contribution in [0.4, 0.5) is 0 Å². The monoisotopic (exact) mass is 244 g/mol. The molecule has 0 amide bonds. The molecule has 0 spiro atoms. The van der Waals surface area contributed by atoms with Gasteiger partial charge < -0.3 is 0 Å². The molecule has 0 saturated heterocycles. The lowest BCUT2D eigenvalue weighted by atomic mass is 10.0. The van der Waals surface area contributed by atoms with Crippen LogP contribution < -0.4 is 0 Å². The molecule has 0 bridgehead atoms. The second kappa shape index (κ2) is 4.81. The van der Waals surface area contributed by atoms with Crippen molar-refractivity contribution in [3.8, 4) is 0 Å². The van der Waals surface area contributed by atoms with Gasteiger partial charge in [0.25, 0.3) is 0 Å². The van der Waals surface area contributed by atoms with E-state index in [0.717, 1.165) is 0 Å². The average molecular weight is 244 g/mol. The minimum Gasteiger partial charge on any atom is -0.140 e. The van der Waals surface area contributed by atoms with Gasteiger partial charge in [-0.2, -0.15) is 0 Å². The highest BCUT2D eigenvalue weighted by Gasteiger charge is 2.13. The van der Waals surface area contributed by atoms with E-state index in [0.29, 0.717) is 0 Å². The molecule has 1 heterocycles. The maximum Gasteiger partial charge on any atom is 0.0377 e. The van der Waals surface area contributed by atoms with Gasteiger partial charge >= 0.3 is 0 Å². The molecule has 0 unspecified atom stereocenters. The first-order valence-corrected chi connectivity index (χ1v) is 7.68. The van der Waals surface area contributed by atoms with E-state index in [-0.39, 0.29) is 0 Å². The first kappa shape index (κ1) is 11.3. The van der Waals surface area contributed by atoms with Crippen LogP contribution >= 0.6 is 11.3 Å². The van der Waals surface area contributed by atoms with Crippen molar-refractivity contribution in [2.75, 3.05) is 0 Å². The van der Waals surface area contributed by atoms with Crippen molar-refractivity contribution in [3.63, 3.8) is 0 Å². The first-order valence-electron chi connectivity index (χ1n) is 6.86. The normalized spacial score (nSPS) is 17.2. The lowest BCUT2D eigenvalue weighted by Crippen LogP contribution is -1.88. The third-order valence-electron chi connectivity index (χ3n) is 3.93. The van der Waals surface area contributed by atoms with E-state index >= 15 is 0 Å². The van der Waals surface area contributed by atoms with Gasteiger partial charge in [-0.1, -0.05) is 37.5 Å². The summed E-state index contributed by atoms with van der Waals surface area (Å²) in [6, 6.07) is 6.80. The number of hydrogen-bond donors (Lipinski definition) is 0. The summed E-state index contributed by atoms with van der Waals surface area (Å²) in [5.74, 6) is 0. The van der Waals surface area contributed by atoms with Crippen LogP contribution in [-0.2, 0) is 12.8 Å². The molecule has 90 valence electrons. The minimum atomic E-state index is 1.30. The number of thiophene rings is 1. The molecule has 1 heteroatoms. The Balaban J connectivity index is 2.12. The van der Waals surface area contributed by atoms with E-state index in [2.05, 4.69) is 36.5 Å². The van der Waals surface area contributed by atoms with E-state index in [1.807, 2.05) is 0 Å². The molecule has 2 aromatic rings. The molecule has 3 rings (SSSR count). The molecule has 0 N–H and O–H groups in total. The quantitative estimate of drug-likeness (QED) is 0.593. The third kappa shape index (κ3) is 2.13. The van der Waals surface area contributed by atoms with Crippen LogP contribution in [0.5, 0.6) is 0 Å². The SMILES string of the molecule is Cc1cccc2c3c(sc12)CCCCCCC3. The zero-order valence-corrected chi connectivity index (χ0v) is 11.4. The Morgan fingerprint density at radius 2 is 1.71 bits per heavy atom. The van der Waals surface area contributed by atoms with Gasteiger partial charge in [-0.3, -0.25) is 0 Å². The lowest BCUT2D eigenvalue weighted by molar-refractivity contribution is 0.630. The Bertz CT molecular complexity index is 522. The predicted molar refractivity (Wildman–Crippen MR) is 77.1 cm³/mol. The van der Waals surface area contributed by atoms with Crippen molar-refractivity contribution in [1.82, 2.24) is 0 Å². The molecule has 0 saturated carbocycles. The molecule has 17 heavy (non-hydrogen) atoms. The van der Waals surface area contributed by atoms with Crippen LogP contribution in [0.15, 0.2) is 18.2 Å². The predicted octanol–water partition coefficient (Wildman–Crippen LogP) is 5.26. The van der Waals surface area contributed by atoms with Crippen LogP contribution in [0.25, 0.3) is 10.1 Å². The molecule has 0 radical (unpaired) electrons. The largest absolute Gasteiger partial charge is 0.140 e. The topological polar surface area (TPSA) is 0 Å². The Kier molecular flexibility index (Phi) is 3.19. The van der Waals surface area contributed by atoms with Crippen LogP contribution in [0.2, 0.25) is 0 Å². The van der Waals surface area contributed by atoms with Crippen LogP contribution in [0.1, 0.15) is 48.1 Å². The lowest BCUT2D eigenvalue weighted by Gasteiger charge is -2.01. The van der Waals surface area contributed by atoms with Crippen molar-refractivity contribution in [1.29, 1.82) is 0 Å². The van der Waals surface area contributed by atoms with Crippen LogP contribution in [-0.4, -0.2) is 0 Å². The molecular weight excluding hydrogens is 224 g/mol. The highest BCUT2D eigenvalue weighted by Crippen LogP contribution is 2.36. The van der Waals surface area contributed by atoms with E-state index in [9.17, 15) is 0 Å². The molecule has 1 aliphatic rings. The van der Waals surface area contributed by atoms with Crippen molar-refractivity contribution in [2.45, 2.75) is 51.9 Å². The Morgan fingerprint density at radius 3 is 2.59 bits per heavy atom. The molecule has 1 aliphatic carbocycles. The fourth-order valence-corrected chi connectivity index (χ4v) is 4.31. The zero-order chi connectivity index (χ0) is 11.7. The van der Waals surface area contributed by atoms with Gasteiger partial charge in [0.2, 0.25) is 0 Å². The number of hydrogen-bond acceptors (Lipinski definition) is 1. The molecule has 0 fully saturated rings. The number of benzene rings is 1. The van der Waals surface area contributed by atoms with Gasteiger partial charge in [-0.25, -0.2) is 0 Å².